The van der Waals surface area contributed by atoms with Crippen LogP contribution < -0.4 is 5.32 Å². The van der Waals surface area contributed by atoms with Crippen molar-refractivity contribution in [1.29, 1.82) is 0 Å². The standard InChI is InChI=1S/C13H12Cl2N2S/c1-2-17-12(7-3-4-7)8-5-9(14)10(15)6-11(8)16-13(17)18/h5-6H,2-4H2,1H3,(H,16,18). The molecular weight excluding hydrogens is 287 g/mol. The Morgan fingerprint density at radius 3 is 2.56 bits per heavy atom. The summed E-state index contributed by atoms with van der Waals surface area (Å²) in [6, 6.07) is 3.78. The van der Waals surface area contributed by atoms with Crippen LogP contribution in [0.5, 0.6) is 0 Å². The Hall–Kier alpha value is -0.770. The van der Waals surface area contributed by atoms with Crippen molar-refractivity contribution >= 4 is 51.9 Å². The van der Waals surface area contributed by atoms with Crippen LogP contribution in [0.1, 0.15) is 25.3 Å². The van der Waals surface area contributed by atoms with Crippen LogP contribution in [-0.2, 0) is 0 Å². The summed E-state index contributed by atoms with van der Waals surface area (Å²) >= 11 is 17.6. The highest BCUT2D eigenvalue weighted by molar-refractivity contribution is 7.80. The third-order valence-electron chi connectivity index (χ3n) is 3.22. The van der Waals surface area contributed by atoms with Crippen LogP contribution in [0.4, 0.5) is 5.69 Å². The number of fused-ring (bicyclic) bond motifs is 1. The molecule has 1 aromatic rings. The van der Waals surface area contributed by atoms with Crippen molar-refractivity contribution in [3.63, 3.8) is 0 Å². The molecule has 1 fully saturated rings. The number of nitrogens with one attached hydrogen (secondary N) is 1. The molecule has 0 amide bonds. The molecule has 0 saturated heterocycles. The van der Waals surface area contributed by atoms with Crippen molar-refractivity contribution in [3.8, 4) is 0 Å². The Kier molecular flexibility index (Phi) is 3.00. The average Bonchev–Trinajstić information content (AvgIpc) is 3.14. The van der Waals surface area contributed by atoms with Gasteiger partial charge in [0, 0.05) is 12.1 Å². The minimum Gasteiger partial charge on any atom is -0.332 e. The first-order chi connectivity index (χ1) is 8.61. The number of hydrogen-bond donors (Lipinski definition) is 1. The lowest BCUT2D eigenvalue weighted by Crippen LogP contribution is -2.37. The Morgan fingerprint density at radius 1 is 1.28 bits per heavy atom. The minimum atomic E-state index is 0.552. The largest absolute Gasteiger partial charge is 0.332 e. The van der Waals surface area contributed by atoms with E-state index >= 15 is 0 Å². The van der Waals surface area contributed by atoms with Crippen LogP contribution in [0.25, 0.3) is 5.70 Å². The molecule has 1 aromatic carbocycles. The fraction of sp³-hybridized carbons (Fsp3) is 0.308. The van der Waals surface area contributed by atoms with Gasteiger partial charge in [-0.15, -0.1) is 0 Å². The number of thiocarbonyl (C=S) groups is 1. The zero-order chi connectivity index (χ0) is 12.9. The summed E-state index contributed by atoms with van der Waals surface area (Å²) in [6.07, 6.45) is 2.29. The first-order valence-electron chi connectivity index (χ1n) is 5.91. The number of anilines is 1. The fourth-order valence-electron chi connectivity index (χ4n) is 2.26. The van der Waals surface area contributed by atoms with Gasteiger partial charge < -0.3 is 10.2 Å². The maximum absolute atomic E-state index is 6.13. The smallest absolute Gasteiger partial charge is 0.177 e. The van der Waals surface area contributed by atoms with Gasteiger partial charge in [-0.25, -0.2) is 0 Å². The third-order valence-corrected chi connectivity index (χ3v) is 4.27. The third kappa shape index (κ3) is 1.91. The Labute approximate surface area is 122 Å². The van der Waals surface area contributed by atoms with Crippen molar-refractivity contribution in [3.05, 3.63) is 33.3 Å². The van der Waals surface area contributed by atoms with E-state index < -0.39 is 0 Å². The van der Waals surface area contributed by atoms with E-state index in [2.05, 4.69) is 17.1 Å². The molecule has 0 unspecified atom stereocenters. The van der Waals surface area contributed by atoms with E-state index in [1.165, 1.54) is 11.3 Å². The first kappa shape index (κ1) is 12.3. The van der Waals surface area contributed by atoms with Crippen LogP contribution in [-0.4, -0.2) is 16.6 Å². The molecule has 0 atom stereocenters. The Balaban J connectivity index is 2.22. The second kappa shape index (κ2) is 4.41. The summed E-state index contributed by atoms with van der Waals surface area (Å²) in [5, 5.41) is 5.09. The van der Waals surface area contributed by atoms with Crippen molar-refractivity contribution in [2.45, 2.75) is 19.8 Å². The lowest BCUT2D eigenvalue weighted by Gasteiger charge is -2.34. The van der Waals surface area contributed by atoms with Crippen LogP contribution >= 0.6 is 35.4 Å². The monoisotopic (exact) mass is 298 g/mol. The summed E-state index contributed by atoms with van der Waals surface area (Å²) < 4.78 is 0. The molecule has 0 radical (unpaired) electrons. The van der Waals surface area contributed by atoms with Crippen LogP contribution in [0.2, 0.25) is 10.0 Å². The van der Waals surface area contributed by atoms with E-state index in [1.54, 1.807) is 0 Å². The summed E-state index contributed by atoms with van der Waals surface area (Å²) in [4.78, 5) is 2.13. The van der Waals surface area contributed by atoms with Gasteiger partial charge in [-0.3, -0.25) is 0 Å². The summed E-state index contributed by atoms with van der Waals surface area (Å²) in [7, 11) is 0. The molecule has 2 nitrogen and oxygen atoms in total. The lowest BCUT2D eigenvalue weighted by molar-refractivity contribution is 0.618. The molecule has 0 spiro atoms. The van der Waals surface area contributed by atoms with E-state index in [9.17, 15) is 0 Å². The van der Waals surface area contributed by atoms with Crippen molar-refractivity contribution in [1.82, 2.24) is 4.90 Å². The van der Waals surface area contributed by atoms with Gasteiger partial charge in [0.2, 0.25) is 0 Å². The number of nitrogens with zero attached hydrogens (tertiary/aromatic N) is 1. The molecule has 5 heteroatoms. The minimum absolute atomic E-state index is 0.552. The van der Waals surface area contributed by atoms with Crippen molar-refractivity contribution in [2.24, 2.45) is 0 Å². The van der Waals surface area contributed by atoms with Crippen molar-refractivity contribution < 1.29 is 0 Å². The highest BCUT2D eigenvalue weighted by atomic mass is 35.5. The Morgan fingerprint density at radius 2 is 1.94 bits per heavy atom. The maximum atomic E-state index is 6.13. The van der Waals surface area contributed by atoms with Gasteiger partial charge in [0.05, 0.1) is 21.4 Å². The summed E-state index contributed by atoms with van der Waals surface area (Å²) in [5.41, 5.74) is 4.72. The SMILES string of the molecule is CCN1C(=S)Nc2cc(Cl)c(Cl)cc2C1=C1CC1. The molecule has 1 aliphatic heterocycles. The first-order valence-corrected chi connectivity index (χ1v) is 7.08. The number of allylic oxidation sites excluding steroid dienone is 1. The number of rotatable bonds is 1. The second-order valence-corrected chi connectivity index (χ2v) is 5.64. The van der Waals surface area contributed by atoms with Gasteiger partial charge in [0.1, 0.15) is 0 Å². The highest BCUT2D eigenvalue weighted by Crippen LogP contribution is 2.44. The van der Waals surface area contributed by atoms with E-state index in [0.29, 0.717) is 10.0 Å². The highest BCUT2D eigenvalue weighted by Gasteiger charge is 2.30. The summed E-state index contributed by atoms with van der Waals surface area (Å²) in [6.45, 7) is 2.95. The molecular formula is C13H12Cl2N2S. The molecule has 1 aliphatic carbocycles. The van der Waals surface area contributed by atoms with Gasteiger partial charge in [-0.05, 0) is 49.7 Å². The normalized spacial score (nSPS) is 17.7. The molecule has 3 rings (SSSR count). The number of benzene rings is 1. The predicted molar refractivity (Wildman–Crippen MR) is 81.2 cm³/mol. The van der Waals surface area contributed by atoms with E-state index in [0.717, 1.165) is 35.7 Å². The van der Waals surface area contributed by atoms with Crippen molar-refractivity contribution in [2.75, 3.05) is 11.9 Å². The van der Waals surface area contributed by atoms with Gasteiger partial charge >= 0.3 is 0 Å². The van der Waals surface area contributed by atoms with Gasteiger partial charge in [-0.1, -0.05) is 23.2 Å². The zero-order valence-corrected chi connectivity index (χ0v) is 12.2. The molecule has 1 saturated carbocycles. The maximum Gasteiger partial charge on any atom is 0.177 e. The van der Waals surface area contributed by atoms with E-state index in [1.807, 2.05) is 12.1 Å². The van der Waals surface area contributed by atoms with Gasteiger partial charge in [-0.2, -0.15) is 0 Å². The van der Waals surface area contributed by atoms with Gasteiger partial charge in [0.15, 0.2) is 5.11 Å². The molecule has 94 valence electrons. The molecule has 18 heavy (non-hydrogen) atoms. The van der Waals surface area contributed by atoms with E-state index in [-0.39, 0.29) is 0 Å². The fourth-order valence-corrected chi connectivity index (χ4v) is 2.92. The zero-order valence-electron chi connectivity index (χ0n) is 9.89. The number of hydrogen-bond acceptors (Lipinski definition) is 1. The Bertz CT molecular complexity index is 575. The number of halogens is 2. The average molecular weight is 299 g/mol. The topological polar surface area (TPSA) is 15.3 Å². The molecule has 1 N–H and O–H groups in total. The molecule has 1 heterocycles. The lowest BCUT2D eigenvalue weighted by atomic mass is 10.1. The van der Waals surface area contributed by atoms with E-state index in [4.69, 9.17) is 35.4 Å². The molecule has 2 aliphatic rings. The van der Waals surface area contributed by atoms with Crippen LogP contribution in [0, 0.1) is 0 Å². The molecule has 0 bridgehead atoms. The summed E-state index contributed by atoms with van der Waals surface area (Å²) in [5.74, 6) is 0. The van der Waals surface area contributed by atoms with Crippen LogP contribution in [0.3, 0.4) is 0 Å². The predicted octanol–water partition coefficient (Wildman–Crippen LogP) is 4.53. The quantitative estimate of drug-likeness (QED) is 0.767. The van der Waals surface area contributed by atoms with Crippen LogP contribution in [0.15, 0.2) is 17.7 Å². The molecule has 0 aromatic heterocycles. The van der Waals surface area contributed by atoms with Gasteiger partial charge in [0.25, 0.3) is 0 Å². The second-order valence-electron chi connectivity index (χ2n) is 4.44.